The molecule has 1 aromatic carbocycles. The Morgan fingerprint density at radius 3 is 2.64 bits per heavy atom. The number of fused-ring (bicyclic) bond motifs is 1. The molecule has 5 heteroatoms. The van der Waals surface area contributed by atoms with Crippen molar-refractivity contribution in [1.82, 2.24) is 0 Å². The molecule has 2 aromatic rings. The van der Waals surface area contributed by atoms with Crippen LogP contribution in [0.3, 0.4) is 0 Å². The van der Waals surface area contributed by atoms with E-state index in [-0.39, 0.29) is 0 Å². The van der Waals surface area contributed by atoms with Crippen molar-refractivity contribution < 1.29 is 10.0 Å². The Hall–Kier alpha value is -1.04. The largest absolute Gasteiger partial charge is 0.488 e. The van der Waals surface area contributed by atoms with Crippen LogP contribution < -0.4 is 11.2 Å². The average Bonchev–Trinajstić information content (AvgIpc) is 2.45. The van der Waals surface area contributed by atoms with Crippen molar-refractivity contribution in [2.24, 2.45) is 0 Å². The van der Waals surface area contributed by atoms with E-state index in [1.807, 2.05) is 13.0 Å². The smallest absolute Gasteiger partial charge is 0.423 e. The first-order valence-corrected chi connectivity index (χ1v) is 5.05. The van der Waals surface area contributed by atoms with E-state index in [0.29, 0.717) is 11.2 Å². The fourth-order valence-corrected chi connectivity index (χ4v) is 2.47. The van der Waals surface area contributed by atoms with Crippen LogP contribution in [-0.4, -0.2) is 17.2 Å². The van der Waals surface area contributed by atoms with Gasteiger partial charge >= 0.3 is 7.12 Å². The maximum atomic E-state index is 9.02. The van der Waals surface area contributed by atoms with E-state index in [0.717, 1.165) is 15.0 Å². The molecule has 0 fully saturated rings. The number of thiophene rings is 1. The van der Waals surface area contributed by atoms with Gasteiger partial charge in [-0.3, -0.25) is 0 Å². The van der Waals surface area contributed by atoms with E-state index >= 15 is 0 Å². The molecule has 4 N–H and O–H groups in total. The summed E-state index contributed by atoms with van der Waals surface area (Å²) in [6, 6.07) is 5.36. The summed E-state index contributed by atoms with van der Waals surface area (Å²) < 4.78 is 0.991. The summed E-state index contributed by atoms with van der Waals surface area (Å²) in [5, 5.41) is 19.0. The van der Waals surface area contributed by atoms with Gasteiger partial charge in [0.05, 0.1) is 0 Å². The highest BCUT2D eigenvalue weighted by Crippen LogP contribution is 2.28. The molecule has 0 atom stereocenters. The second kappa shape index (κ2) is 3.27. The fraction of sp³-hybridized carbons (Fsp3) is 0.111. The molecule has 14 heavy (non-hydrogen) atoms. The molecule has 0 saturated carbocycles. The first kappa shape index (κ1) is 9.52. The highest BCUT2D eigenvalue weighted by molar-refractivity contribution is 7.19. The summed E-state index contributed by atoms with van der Waals surface area (Å²) in [4.78, 5) is 1.16. The predicted octanol–water partition coefficient (Wildman–Crippen LogP) is 0.472. The number of rotatable bonds is 1. The third-order valence-corrected chi connectivity index (χ3v) is 3.11. The summed E-state index contributed by atoms with van der Waals surface area (Å²) in [5.41, 5.74) is 6.83. The van der Waals surface area contributed by atoms with Gasteiger partial charge in [-0.25, -0.2) is 0 Å². The van der Waals surface area contributed by atoms with Gasteiger partial charge in [-0.15, -0.1) is 11.3 Å². The van der Waals surface area contributed by atoms with E-state index < -0.39 is 7.12 Å². The lowest BCUT2D eigenvalue weighted by molar-refractivity contribution is 0.426. The van der Waals surface area contributed by atoms with Crippen LogP contribution in [0.25, 0.3) is 10.1 Å². The molecule has 0 amide bonds. The average molecular weight is 207 g/mol. The Morgan fingerprint density at radius 1 is 1.29 bits per heavy atom. The molecule has 0 spiro atoms. The van der Waals surface area contributed by atoms with E-state index in [1.54, 1.807) is 23.5 Å². The third kappa shape index (κ3) is 1.50. The first-order valence-electron chi connectivity index (χ1n) is 4.23. The zero-order valence-electron chi connectivity index (χ0n) is 7.69. The number of anilines is 1. The highest BCUT2D eigenvalue weighted by atomic mass is 32.1. The lowest BCUT2D eigenvalue weighted by Gasteiger charge is -2.02. The zero-order chi connectivity index (χ0) is 10.3. The minimum atomic E-state index is -1.45. The summed E-state index contributed by atoms with van der Waals surface area (Å²) in [6.45, 7) is 2.00. The van der Waals surface area contributed by atoms with Gasteiger partial charge in [0.25, 0.3) is 0 Å². The number of hydrogen-bond acceptors (Lipinski definition) is 4. The number of nitrogen functional groups attached to an aromatic ring is 1. The molecule has 0 aliphatic carbocycles. The van der Waals surface area contributed by atoms with Gasteiger partial charge in [-0.05, 0) is 30.6 Å². The Labute approximate surface area is 85.9 Å². The lowest BCUT2D eigenvalue weighted by Crippen LogP contribution is -2.29. The molecule has 0 aliphatic rings. The van der Waals surface area contributed by atoms with Crippen LogP contribution in [0.4, 0.5) is 5.69 Å². The van der Waals surface area contributed by atoms with E-state index in [4.69, 9.17) is 15.8 Å². The molecular formula is C9H10BNO2S. The van der Waals surface area contributed by atoms with Gasteiger partial charge in [-0.2, -0.15) is 0 Å². The Balaban J connectivity index is 2.71. The molecule has 0 unspecified atom stereocenters. The van der Waals surface area contributed by atoms with Crippen molar-refractivity contribution in [3.05, 3.63) is 23.1 Å². The standard InChI is InChI=1S/C9H10BNO2S/c1-5-2-7-8(11)3-6(10(12)13)4-9(7)14-5/h2-4,12-13H,11H2,1H3. The molecule has 0 aliphatic heterocycles. The van der Waals surface area contributed by atoms with Crippen molar-refractivity contribution in [3.8, 4) is 0 Å². The molecule has 0 radical (unpaired) electrons. The van der Waals surface area contributed by atoms with Crippen molar-refractivity contribution in [1.29, 1.82) is 0 Å². The summed E-state index contributed by atoms with van der Waals surface area (Å²) >= 11 is 1.60. The van der Waals surface area contributed by atoms with Crippen LogP contribution in [0.5, 0.6) is 0 Å². The fourth-order valence-electron chi connectivity index (χ4n) is 1.46. The normalized spacial score (nSPS) is 10.8. The molecule has 72 valence electrons. The molecule has 0 saturated heterocycles. The van der Waals surface area contributed by atoms with Gasteiger partial charge in [0.15, 0.2) is 0 Å². The van der Waals surface area contributed by atoms with Crippen molar-refractivity contribution in [2.75, 3.05) is 5.73 Å². The van der Waals surface area contributed by atoms with Crippen LogP contribution in [0, 0.1) is 6.92 Å². The SMILES string of the molecule is Cc1cc2c(N)cc(B(O)O)cc2s1. The number of hydrogen-bond donors (Lipinski definition) is 3. The number of aryl methyl sites for hydroxylation is 1. The van der Waals surface area contributed by atoms with Crippen LogP contribution in [-0.2, 0) is 0 Å². The number of nitrogens with two attached hydrogens (primary N) is 1. The number of benzene rings is 1. The first-order chi connectivity index (χ1) is 6.58. The van der Waals surface area contributed by atoms with E-state index in [9.17, 15) is 0 Å². The zero-order valence-corrected chi connectivity index (χ0v) is 8.51. The summed E-state index contributed by atoms with van der Waals surface area (Å²) in [7, 11) is -1.45. The molecular weight excluding hydrogens is 197 g/mol. The molecule has 3 nitrogen and oxygen atoms in total. The predicted molar refractivity (Wildman–Crippen MR) is 60.8 cm³/mol. The Morgan fingerprint density at radius 2 is 2.00 bits per heavy atom. The lowest BCUT2D eigenvalue weighted by atomic mass is 9.80. The van der Waals surface area contributed by atoms with Crippen molar-refractivity contribution >= 4 is 39.7 Å². The highest BCUT2D eigenvalue weighted by Gasteiger charge is 2.13. The summed E-state index contributed by atoms with van der Waals surface area (Å²) in [6.07, 6.45) is 0. The minimum Gasteiger partial charge on any atom is -0.423 e. The van der Waals surface area contributed by atoms with Gasteiger partial charge in [-0.1, -0.05) is 0 Å². The Kier molecular flexibility index (Phi) is 2.22. The van der Waals surface area contributed by atoms with Crippen LogP contribution in [0.1, 0.15) is 4.88 Å². The second-order valence-electron chi connectivity index (χ2n) is 3.25. The van der Waals surface area contributed by atoms with E-state index in [2.05, 4.69) is 0 Å². The van der Waals surface area contributed by atoms with Crippen LogP contribution in [0.2, 0.25) is 0 Å². The quantitative estimate of drug-likeness (QED) is 0.470. The van der Waals surface area contributed by atoms with E-state index in [1.165, 1.54) is 0 Å². The van der Waals surface area contributed by atoms with Crippen molar-refractivity contribution in [2.45, 2.75) is 6.92 Å². The Bertz CT molecular complexity index is 481. The summed E-state index contributed by atoms with van der Waals surface area (Å²) in [5.74, 6) is 0. The monoisotopic (exact) mass is 207 g/mol. The molecule has 2 rings (SSSR count). The van der Waals surface area contributed by atoms with Gasteiger partial charge in [0.2, 0.25) is 0 Å². The van der Waals surface area contributed by atoms with Gasteiger partial charge in [0, 0.05) is 20.7 Å². The molecule has 1 aromatic heterocycles. The van der Waals surface area contributed by atoms with Crippen molar-refractivity contribution in [3.63, 3.8) is 0 Å². The second-order valence-corrected chi connectivity index (χ2v) is 4.54. The maximum Gasteiger partial charge on any atom is 0.488 e. The molecule has 1 heterocycles. The van der Waals surface area contributed by atoms with Gasteiger partial charge < -0.3 is 15.8 Å². The van der Waals surface area contributed by atoms with Crippen LogP contribution in [0.15, 0.2) is 18.2 Å². The maximum absolute atomic E-state index is 9.02. The van der Waals surface area contributed by atoms with Crippen LogP contribution >= 0.6 is 11.3 Å². The van der Waals surface area contributed by atoms with Gasteiger partial charge in [0.1, 0.15) is 0 Å². The molecule has 0 bridgehead atoms. The topological polar surface area (TPSA) is 66.5 Å². The minimum absolute atomic E-state index is 0.442. The third-order valence-electron chi connectivity index (χ3n) is 2.11.